The molecule has 2 aliphatic rings. The molecule has 0 radical (unpaired) electrons. The van der Waals surface area contributed by atoms with Crippen molar-refractivity contribution < 1.29 is 48.9 Å². The molecule has 0 aromatic rings. The van der Waals surface area contributed by atoms with Crippen molar-refractivity contribution in [1.82, 2.24) is 0 Å². The van der Waals surface area contributed by atoms with Crippen LogP contribution in [0.4, 0.5) is 4.79 Å². The summed E-state index contributed by atoms with van der Waals surface area (Å²) in [7, 11) is 0. The first-order chi connectivity index (χ1) is 14.4. The monoisotopic (exact) mass is 432 g/mol. The van der Waals surface area contributed by atoms with Crippen molar-refractivity contribution in [3.63, 3.8) is 0 Å². The Morgan fingerprint density at radius 1 is 0.967 bits per heavy atom. The summed E-state index contributed by atoms with van der Waals surface area (Å²) in [6, 6.07) is 0. The van der Waals surface area contributed by atoms with Gasteiger partial charge >= 0.3 is 6.16 Å². The Bertz CT molecular complexity index is 500. The van der Waals surface area contributed by atoms with E-state index in [0.717, 1.165) is 12.8 Å². The highest BCUT2D eigenvalue weighted by atomic mass is 16.7. The Kier molecular flexibility index (Phi) is 14.9. The molecule has 2 heterocycles. The highest BCUT2D eigenvalue weighted by Gasteiger charge is 2.43. The summed E-state index contributed by atoms with van der Waals surface area (Å²) in [5.74, 6) is 0. The highest BCUT2D eigenvalue weighted by molar-refractivity contribution is 5.59. The van der Waals surface area contributed by atoms with Gasteiger partial charge in [-0.3, -0.25) is 0 Å². The minimum atomic E-state index is -1.49. The molecule has 10 heteroatoms. The quantitative estimate of drug-likeness (QED) is 0.223. The van der Waals surface area contributed by atoms with E-state index in [4.69, 9.17) is 28.8 Å². The number of hydrogen-bond acceptors (Lipinski definition) is 10. The lowest BCUT2D eigenvalue weighted by atomic mass is 9.99. The lowest BCUT2D eigenvalue weighted by molar-refractivity contribution is -0.301. The van der Waals surface area contributed by atoms with Gasteiger partial charge in [0.05, 0.1) is 32.0 Å². The summed E-state index contributed by atoms with van der Waals surface area (Å²) in [5.41, 5.74) is 0. The van der Waals surface area contributed by atoms with E-state index in [2.05, 4.69) is 25.7 Å². The van der Waals surface area contributed by atoms with Crippen molar-refractivity contribution >= 4 is 6.16 Å². The summed E-state index contributed by atoms with van der Waals surface area (Å²) in [5, 5.41) is 38.2. The zero-order chi connectivity index (χ0) is 23.1. The molecule has 4 N–H and O–H groups in total. The molecule has 2 saturated heterocycles. The maximum atomic E-state index is 11.5. The van der Waals surface area contributed by atoms with E-state index < -0.39 is 43.5 Å². The molecule has 2 aliphatic heterocycles. The van der Waals surface area contributed by atoms with Gasteiger partial charge in [-0.2, -0.15) is 0 Å². The van der Waals surface area contributed by atoms with E-state index in [0.29, 0.717) is 6.42 Å². The molecule has 0 saturated carbocycles. The Labute approximate surface area is 177 Å². The number of carbonyl (C=O) groups is 1. The number of carbonyl (C=O) groups excluding carboxylic acids is 1. The highest BCUT2D eigenvalue weighted by Crippen LogP contribution is 2.22. The number of hydrogen-bond donors (Lipinski definition) is 4. The molecule has 30 heavy (non-hydrogen) atoms. The van der Waals surface area contributed by atoms with Gasteiger partial charge in [-0.25, -0.2) is 4.79 Å². The maximum Gasteiger partial charge on any atom is 0.508 e. The van der Waals surface area contributed by atoms with Crippen LogP contribution in [-0.4, -0.2) is 95.9 Å². The van der Waals surface area contributed by atoms with Gasteiger partial charge in [0.1, 0.15) is 31.0 Å². The van der Waals surface area contributed by atoms with Gasteiger partial charge in [0.25, 0.3) is 0 Å². The molecule has 0 aromatic carbocycles. The SMILES string of the molecule is C#C.C#C.CC1CCC(COC(=O)OCCCOC2OC(CO)C(O)C(O)C2O)O1. The minimum absolute atomic E-state index is 0.0399. The van der Waals surface area contributed by atoms with Crippen LogP contribution in [0.2, 0.25) is 0 Å². The van der Waals surface area contributed by atoms with Gasteiger partial charge in [-0.15, -0.1) is 25.7 Å². The van der Waals surface area contributed by atoms with E-state index in [-0.39, 0.29) is 32.0 Å². The molecule has 0 spiro atoms. The number of aliphatic hydroxyl groups is 4. The van der Waals surface area contributed by atoms with Gasteiger partial charge in [0, 0.05) is 6.42 Å². The molecule has 10 nitrogen and oxygen atoms in total. The van der Waals surface area contributed by atoms with Crippen LogP contribution >= 0.6 is 0 Å². The van der Waals surface area contributed by atoms with Gasteiger partial charge in [0.2, 0.25) is 0 Å². The fourth-order valence-electron chi connectivity index (χ4n) is 2.83. The largest absolute Gasteiger partial charge is 0.508 e. The van der Waals surface area contributed by atoms with Crippen LogP contribution in [-0.2, 0) is 23.7 Å². The summed E-state index contributed by atoms with van der Waals surface area (Å²) >= 11 is 0. The summed E-state index contributed by atoms with van der Waals surface area (Å²) in [4.78, 5) is 11.5. The molecule has 2 fully saturated rings. The van der Waals surface area contributed by atoms with Gasteiger partial charge in [-0.1, -0.05) is 0 Å². The van der Waals surface area contributed by atoms with Crippen molar-refractivity contribution in [3.8, 4) is 25.7 Å². The van der Waals surface area contributed by atoms with Crippen LogP contribution in [0.3, 0.4) is 0 Å². The number of ether oxygens (including phenoxy) is 5. The van der Waals surface area contributed by atoms with Crippen LogP contribution in [0, 0.1) is 25.7 Å². The molecule has 172 valence electrons. The molecule has 2 rings (SSSR count). The van der Waals surface area contributed by atoms with Crippen LogP contribution in [0.1, 0.15) is 26.2 Å². The third-order valence-electron chi connectivity index (χ3n) is 4.35. The van der Waals surface area contributed by atoms with Crippen LogP contribution in [0.15, 0.2) is 0 Å². The fraction of sp³-hybridized carbons (Fsp3) is 0.750. The van der Waals surface area contributed by atoms with Crippen molar-refractivity contribution in [2.24, 2.45) is 0 Å². The first-order valence-corrected chi connectivity index (χ1v) is 9.46. The second-order valence-corrected chi connectivity index (χ2v) is 6.48. The Hall–Kier alpha value is -1.89. The Morgan fingerprint density at radius 3 is 2.20 bits per heavy atom. The topological polar surface area (TPSA) is 144 Å². The maximum absolute atomic E-state index is 11.5. The van der Waals surface area contributed by atoms with Gasteiger partial charge < -0.3 is 44.1 Å². The van der Waals surface area contributed by atoms with Gasteiger partial charge in [0.15, 0.2) is 6.29 Å². The summed E-state index contributed by atoms with van der Waals surface area (Å²) < 4.78 is 25.8. The van der Waals surface area contributed by atoms with E-state index in [1.165, 1.54) is 0 Å². The van der Waals surface area contributed by atoms with Crippen LogP contribution < -0.4 is 0 Å². The molecule has 0 bridgehead atoms. The van der Waals surface area contributed by atoms with E-state index in [9.17, 15) is 20.1 Å². The first-order valence-electron chi connectivity index (χ1n) is 9.46. The zero-order valence-electron chi connectivity index (χ0n) is 17.0. The third kappa shape index (κ3) is 9.28. The number of aliphatic hydroxyl groups excluding tert-OH is 4. The standard InChI is InChI=1S/C16H28O10.2C2H2/c1-9-3-4-10(25-9)8-24-16(21)23-6-2-5-22-15-14(20)13(19)12(18)11(7-17)26-15;2*1-2/h9-15,17-20H,2-8H2,1H3;2*1-2H. The van der Waals surface area contributed by atoms with E-state index in [1.54, 1.807) is 0 Å². The smallest absolute Gasteiger partial charge is 0.434 e. The fourth-order valence-corrected chi connectivity index (χ4v) is 2.83. The molecule has 7 atom stereocenters. The van der Waals surface area contributed by atoms with Crippen molar-refractivity contribution in [2.45, 2.75) is 69.1 Å². The molecular formula is C20H32O10. The number of terminal acetylenes is 2. The predicted octanol–water partition coefficient (Wildman–Crippen LogP) is -0.587. The second-order valence-electron chi connectivity index (χ2n) is 6.48. The average Bonchev–Trinajstić information content (AvgIpc) is 3.19. The van der Waals surface area contributed by atoms with Crippen molar-refractivity contribution in [3.05, 3.63) is 0 Å². The molecule has 0 amide bonds. The van der Waals surface area contributed by atoms with Gasteiger partial charge in [-0.05, 0) is 19.8 Å². The summed E-state index contributed by atoms with van der Waals surface area (Å²) in [6.45, 7) is 1.71. The molecule has 0 aliphatic carbocycles. The Morgan fingerprint density at radius 2 is 1.63 bits per heavy atom. The zero-order valence-corrected chi connectivity index (χ0v) is 17.0. The van der Waals surface area contributed by atoms with E-state index >= 15 is 0 Å². The lowest BCUT2D eigenvalue weighted by Gasteiger charge is -2.39. The second kappa shape index (κ2) is 15.9. The summed E-state index contributed by atoms with van der Waals surface area (Å²) in [6.07, 6.45) is 10.8. The minimum Gasteiger partial charge on any atom is -0.434 e. The van der Waals surface area contributed by atoms with Crippen molar-refractivity contribution in [1.29, 1.82) is 0 Å². The van der Waals surface area contributed by atoms with Crippen LogP contribution in [0.5, 0.6) is 0 Å². The first kappa shape index (κ1) is 28.1. The molecule has 7 unspecified atom stereocenters. The molecular weight excluding hydrogens is 400 g/mol. The normalized spacial score (nSPS) is 32.6. The third-order valence-corrected chi connectivity index (χ3v) is 4.35. The lowest BCUT2D eigenvalue weighted by Crippen LogP contribution is -2.59. The Balaban J connectivity index is 0.00000198. The van der Waals surface area contributed by atoms with E-state index in [1.807, 2.05) is 6.92 Å². The van der Waals surface area contributed by atoms with Crippen molar-refractivity contribution in [2.75, 3.05) is 26.4 Å². The van der Waals surface area contributed by atoms with Crippen LogP contribution in [0.25, 0.3) is 0 Å². The average molecular weight is 432 g/mol. The number of rotatable bonds is 8. The molecule has 0 aromatic heterocycles. The predicted molar refractivity (Wildman–Crippen MR) is 105 cm³/mol.